The zero-order valence-electron chi connectivity index (χ0n) is 14.1. The topological polar surface area (TPSA) is 49.9 Å². The lowest BCUT2D eigenvalue weighted by Crippen LogP contribution is -2.39. The van der Waals surface area contributed by atoms with Gasteiger partial charge in [-0.3, -0.25) is 9.59 Å². The highest BCUT2D eigenvalue weighted by atomic mass is 32.1. The number of anilines is 1. The molecule has 1 atom stereocenters. The third-order valence-corrected chi connectivity index (χ3v) is 6.66. The van der Waals surface area contributed by atoms with E-state index in [0.717, 1.165) is 43.9 Å². The molecule has 5 nitrogen and oxygen atoms in total. The lowest BCUT2D eigenvalue weighted by atomic mass is 9.86. The van der Waals surface area contributed by atoms with Crippen molar-refractivity contribution in [2.45, 2.75) is 32.6 Å². The first-order valence-electron chi connectivity index (χ1n) is 8.80. The molecule has 3 fully saturated rings. The van der Waals surface area contributed by atoms with E-state index in [0.29, 0.717) is 19.6 Å². The largest absolute Gasteiger partial charge is 0.381 e. The molecule has 0 aliphatic carbocycles. The number of hydrogen-bond acceptors (Lipinski definition) is 4. The Kier molecular flexibility index (Phi) is 4.12. The van der Waals surface area contributed by atoms with Crippen LogP contribution in [0.4, 0.5) is 5.00 Å². The molecule has 24 heavy (non-hydrogen) atoms. The van der Waals surface area contributed by atoms with Crippen LogP contribution in [0.25, 0.3) is 0 Å². The van der Waals surface area contributed by atoms with Gasteiger partial charge < -0.3 is 14.5 Å². The SMILES string of the molecule is Cc1ccc(N2C[C@]3(CCN(C(=O)C4CCOCC4)C3)CC2=O)s1. The van der Waals surface area contributed by atoms with E-state index < -0.39 is 0 Å². The third kappa shape index (κ3) is 2.86. The fraction of sp³-hybridized carbons (Fsp3) is 0.667. The lowest BCUT2D eigenvalue weighted by molar-refractivity contribution is -0.138. The van der Waals surface area contributed by atoms with Crippen LogP contribution in [0.2, 0.25) is 0 Å². The first-order chi connectivity index (χ1) is 11.6. The summed E-state index contributed by atoms with van der Waals surface area (Å²) < 4.78 is 5.36. The zero-order chi connectivity index (χ0) is 16.7. The number of carbonyl (C=O) groups is 2. The highest BCUT2D eigenvalue weighted by molar-refractivity contribution is 7.16. The minimum absolute atomic E-state index is 0.0458. The number of likely N-dealkylation sites (tertiary alicyclic amines) is 1. The Morgan fingerprint density at radius 1 is 1.29 bits per heavy atom. The van der Waals surface area contributed by atoms with Crippen molar-refractivity contribution in [2.24, 2.45) is 11.3 Å². The molecular formula is C18H24N2O3S. The highest BCUT2D eigenvalue weighted by Gasteiger charge is 2.49. The van der Waals surface area contributed by atoms with Gasteiger partial charge in [-0.05, 0) is 38.3 Å². The summed E-state index contributed by atoms with van der Waals surface area (Å²) >= 11 is 1.67. The summed E-state index contributed by atoms with van der Waals surface area (Å²) in [4.78, 5) is 30.4. The van der Waals surface area contributed by atoms with Crippen molar-refractivity contribution in [1.29, 1.82) is 0 Å². The molecule has 130 valence electrons. The molecule has 4 heterocycles. The average Bonchev–Trinajstić information content (AvgIpc) is 3.27. The van der Waals surface area contributed by atoms with Gasteiger partial charge >= 0.3 is 0 Å². The number of ether oxygens (including phenoxy) is 1. The Labute approximate surface area is 146 Å². The predicted octanol–water partition coefficient (Wildman–Crippen LogP) is 2.44. The second-order valence-corrected chi connectivity index (χ2v) is 8.70. The number of hydrogen-bond donors (Lipinski definition) is 0. The lowest BCUT2D eigenvalue weighted by Gasteiger charge is -2.28. The van der Waals surface area contributed by atoms with Gasteiger partial charge in [0.05, 0.1) is 5.00 Å². The maximum atomic E-state index is 12.8. The summed E-state index contributed by atoms with van der Waals surface area (Å²) in [7, 11) is 0. The van der Waals surface area contributed by atoms with Gasteiger partial charge in [0.1, 0.15) is 0 Å². The molecule has 1 aromatic rings. The van der Waals surface area contributed by atoms with Crippen LogP contribution >= 0.6 is 11.3 Å². The van der Waals surface area contributed by atoms with Crippen molar-refractivity contribution in [1.82, 2.24) is 4.90 Å². The Balaban J connectivity index is 1.44. The summed E-state index contributed by atoms with van der Waals surface area (Å²) in [5, 5.41) is 1.04. The van der Waals surface area contributed by atoms with Crippen LogP contribution in [0.5, 0.6) is 0 Å². The number of thiophene rings is 1. The van der Waals surface area contributed by atoms with Gasteiger partial charge in [0.15, 0.2) is 0 Å². The molecule has 0 bridgehead atoms. The quantitative estimate of drug-likeness (QED) is 0.825. The molecule has 0 saturated carbocycles. The molecule has 1 spiro atoms. The van der Waals surface area contributed by atoms with Crippen LogP contribution < -0.4 is 4.90 Å². The second kappa shape index (κ2) is 6.15. The van der Waals surface area contributed by atoms with Gasteiger partial charge in [-0.15, -0.1) is 11.3 Å². The van der Waals surface area contributed by atoms with Crippen LogP contribution in [-0.4, -0.2) is 49.6 Å². The molecule has 0 aromatic carbocycles. The molecule has 3 aliphatic heterocycles. The van der Waals surface area contributed by atoms with E-state index in [1.807, 2.05) is 15.9 Å². The normalized spacial score (nSPS) is 28.3. The van der Waals surface area contributed by atoms with E-state index in [1.165, 1.54) is 4.88 Å². The number of nitrogens with zero attached hydrogens (tertiary/aromatic N) is 2. The molecule has 4 rings (SSSR count). The molecule has 3 aliphatic rings. The Hall–Kier alpha value is -1.40. The summed E-state index contributed by atoms with van der Waals surface area (Å²) in [6.45, 7) is 5.73. The van der Waals surface area contributed by atoms with Crippen molar-refractivity contribution in [3.05, 3.63) is 17.0 Å². The molecule has 0 N–H and O–H groups in total. The summed E-state index contributed by atoms with van der Waals surface area (Å²) in [6.07, 6.45) is 3.18. The van der Waals surface area contributed by atoms with Crippen molar-refractivity contribution >= 4 is 28.2 Å². The minimum Gasteiger partial charge on any atom is -0.381 e. The fourth-order valence-electron chi connectivity index (χ4n) is 4.26. The molecular weight excluding hydrogens is 324 g/mol. The second-order valence-electron chi connectivity index (χ2n) is 7.44. The van der Waals surface area contributed by atoms with E-state index in [9.17, 15) is 9.59 Å². The number of aryl methyl sites for hydroxylation is 1. The van der Waals surface area contributed by atoms with Crippen LogP contribution in [0.1, 0.15) is 30.6 Å². The number of amides is 2. The smallest absolute Gasteiger partial charge is 0.228 e. The van der Waals surface area contributed by atoms with Gasteiger partial charge in [-0.1, -0.05) is 0 Å². The van der Waals surface area contributed by atoms with Crippen LogP contribution in [-0.2, 0) is 14.3 Å². The van der Waals surface area contributed by atoms with Crippen LogP contribution in [0.3, 0.4) is 0 Å². The van der Waals surface area contributed by atoms with Crippen molar-refractivity contribution < 1.29 is 14.3 Å². The number of carbonyl (C=O) groups excluding carboxylic acids is 2. The van der Waals surface area contributed by atoms with Gasteiger partial charge in [0.2, 0.25) is 11.8 Å². The summed E-state index contributed by atoms with van der Waals surface area (Å²) in [5.41, 5.74) is -0.0458. The Morgan fingerprint density at radius 2 is 2.08 bits per heavy atom. The first-order valence-corrected chi connectivity index (χ1v) is 9.61. The molecule has 1 aromatic heterocycles. The van der Waals surface area contributed by atoms with E-state index in [1.54, 1.807) is 11.3 Å². The van der Waals surface area contributed by atoms with Gasteiger partial charge in [-0.2, -0.15) is 0 Å². The van der Waals surface area contributed by atoms with Crippen molar-refractivity contribution in [2.75, 3.05) is 37.7 Å². The fourth-order valence-corrected chi connectivity index (χ4v) is 5.14. The molecule has 0 unspecified atom stereocenters. The van der Waals surface area contributed by atoms with Crippen molar-refractivity contribution in [3.8, 4) is 0 Å². The molecule has 0 radical (unpaired) electrons. The number of rotatable bonds is 2. The van der Waals surface area contributed by atoms with Crippen LogP contribution in [0, 0.1) is 18.3 Å². The molecule has 2 amide bonds. The summed E-state index contributed by atoms with van der Waals surface area (Å²) in [6, 6.07) is 4.10. The summed E-state index contributed by atoms with van der Waals surface area (Å²) in [5.74, 6) is 0.590. The Bertz CT molecular complexity index is 652. The van der Waals surface area contributed by atoms with E-state index in [2.05, 4.69) is 13.0 Å². The first kappa shape index (κ1) is 16.1. The van der Waals surface area contributed by atoms with E-state index in [4.69, 9.17) is 4.74 Å². The van der Waals surface area contributed by atoms with Gasteiger partial charge in [-0.25, -0.2) is 0 Å². The molecule has 3 saturated heterocycles. The minimum atomic E-state index is -0.0458. The van der Waals surface area contributed by atoms with Gasteiger partial charge in [0.25, 0.3) is 0 Å². The van der Waals surface area contributed by atoms with Crippen LogP contribution in [0.15, 0.2) is 12.1 Å². The highest BCUT2D eigenvalue weighted by Crippen LogP contribution is 2.43. The van der Waals surface area contributed by atoms with Gasteiger partial charge in [0, 0.05) is 55.5 Å². The molecule has 6 heteroatoms. The predicted molar refractivity (Wildman–Crippen MR) is 93.2 cm³/mol. The Morgan fingerprint density at radius 3 is 2.79 bits per heavy atom. The average molecular weight is 348 g/mol. The monoisotopic (exact) mass is 348 g/mol. The van der Waals surface area contributed by atoms with E-state index >= 15 is 0 Å². The maximum Gasteiger partial charge on any atom is 0.228 e. The van der Waals surface area contributed by atoms with Crippen molar-refractivity contribution in [3.63, 3.8) is 0 Å². The van der Waals surface area contributed by atoms with E-state index in [-0.39, 0.29) is 23.1 Å². The standard InChI is InChI=1S/C18H24N2O3S/c1-13-2-3-16(24-13)20-12-18(10-15(20)21)6-7-19(11-18)17(22)14-4-8-23-9-5-14/h2-3,14H,4-12H2,1H3/t18-/m1/s1. The zero-order valence-corrected chi connectivity index (χ0v) is 14.9. The maximum absolute atomic E-state index is 12.8. The third-order valence-electron chi connectivity index (χ3n) is 5.63.